The van der Waals surface area contributed by atoms with Gasteiger partial charge in [-0.1, -0.05) is 30.3 Å². The number of rotatable bonds is 5. The van der Waals surface area contributed by atoms with Crippen molar-refractivity contribution in [2.75, 3.05) is 32.2 Å². The van der Waals surface area contributed by atoms with E-state index in [4.69, 9.17) is 9.47 Å². The molecule has 0 aliphatic carbocycles. The summed E-state index contributed by atoms with van der Waals surface area (Å²) in [6.07, 6.45) is 1.81. The van der Waals surface area contributed by atoms with E-state index in [1.165, 1.54) is 11.5 Å². The number of nitrogens with zero attached hydrogens (tertiary/aromatic N) is 2. The predicted molar refractivity (Wildman–Crippen MR) is 83.6 cm³/mol. The zero-order chi connectivity index (χ0) is 14.5. The van der Waals surface area contributed by atoms with Gasteiger partial charge < -0.3 is 14.8 Å². The van der Waals surface area contributed by atoms with Gasteiger partial charge in [-0.25, -0.2) is 0 Å². The van der Waals surface area contributed by atoms with Crippen molar-refractivity contribution >= 4 is 16.7 Å². The van der Waals surface area contributed by atoms with E-state index in [9.17, 15) is 0 Å². The molecule has 0 bridgehead atoms. The first kappa shape index (κ1) is 14.4. The maximum Gasteiger partial charge on any atom is 0.202 e. The van der Waals surface area contributed by atoms with E-state index in [0.29, 0.717) is 0 Å². The van der Waals surface area contributed by atoms with E-state index in [1.54, 1.807) is 7.11 Å². The van der Waals surface area contributed by atoms with Gasteiger partial charge in [0.1, 0.15) is 0 Å². The van der Waals surface area contributed by atoms with Crippen LogP contribution in [0, 0.1) is 0 Å². The van der Waals surface area contributed by atoms with E-state index in [0.717, 1.165) is 49.1 Å². The zero-order valence-electron chi connectivity index (χ0n) is 12.0. The van der Waals surface area contributed by atoms with Crippen molar-refractivity contribution in [3.05, 3.63) is 30.3 Å². The van der Waals surface area contributed by atoms with Crippen LogP contribution in [0.5, 0.6) is 0 Å². The van der Waals surface area contributed by atoms with Crippen LogP contribution in [0.25, 0.3) is 11.4 Å². The summed E-state index contributed by atoms with van der Waals surface area (Å²) in [5, 5.41) is 4.19. The van der Waals surface area contributed by atoms with Gasteiger partial charge in [-0.15, -0.1) is 0 Å². The Morgan fingerprint density at radius 1 is 1.29 bits per heavy atom. The summed E-state index contributed by atoms with van der Waals surface area (Å²) in [6.45, 7) is 2.23. The number of ether oxygens (including phenoxy) is 2. The minimum absolute atomic E-state index is 0.156. The lowest BCUT2D eigenvalue weighted by atomic mass is 9.94. The summed E-state index contributed by atoms with van der Waals surface area (Å²) in [6, 6.07) is 10.0. The molecule has 1 N–H and O–H groups in total. The number of hydrogen-bond acceptors (Lipinski definition) is 6. The molecule has 1 aliphatic rings. The van der Waals surface area contributed by atoms with Gasteiger partial charge in [0.15, 0.2) is 5.82 Å². The maximum absolute atomic E-state index is 5.71. The average Bonchev–Trinajstić information content (AvgIpc) is 3.04. The normalized spacial score (nSPS) is 17.6. The van der Waals surface area contributed by atoms with Crippen LogP contribution in [0.1, 0.15) is 12.8 Å². The van der Waals surface area contributed by atoms with Crippen molar-refractivity contribution in [1.29, 1.82) is 0 Å². The predicted octanol–water partition coefficient (Wildman–Crippen LogP) is 2.81. The smallest absolute Gasteiger partial charge is 0.202 e. The quantitative estimate of drug-likeness (QED) is 0.920. The molecule has 1 saturated heterocycles. The van der Waals surface area contributed by atoms with Crippen molar-refractivity contribution in [2.24, 2.45) is 0 Å². The molecule has 2 heterocycles. The summed E-state index contributed by atoms with van der Waals surface area (Å²) in [4.78, 5) is 4.54. The number of benzene rings is 1. The Morgan fingerprint density at radius 3 is 2.76 bits per heavy atom. The summed E-state index contributed by atoms with van der Waals surface area (Å²) < 4.78 is 15.5. The van der Waals surface area contributed by atoms with Crippen LogP contribution in [0.2, 0.25) is 0 Å². The van der Waals surface area contributed by atoms with E-state index in [2.05, 4.69) is 14.7 Å². The van der Waals surface area contributed by atoms with Gasteiger partial charge in [0.2, 0.25) is 5.13 Å². The van der Waals surface area contributed by atoms with Gasteiger partial charge in [0.25, 0.3) is 0 Å². The maximum atomic E-state index is 5.71. The van der Waals surface area contributed by atoms with E-state index in [-0.39, 0.29) is 5.60 Å². The van der Waals surface area contributed by atoms with Crippen LogP contribution in [0.3, 0.4) is 0 Å². The fourth-order valence-electron chi connectivity index (χ4n) is 2.43. The molecular formula is C15H19N3O2S. The molecule has 1 aromatic heterocycles. The Kier molecular flexibility index (Phi) is 4.48. The number of methoxy groups -OCH3 is 1. The van der Waals surface area contributed by atoms with Crippen molar-refractivity contribution < 1.29 is 9.47 Å². The van der Waals surface area contributed by atoms with E-state index in [1.807, 2.05) is 30.3 Å². The monoisotopic (exact) mass is 305 g/mol. The van der Waals surface area contributed by atoms with Crippen LogP contribution in [0.4, 0.5) is 5.13 Å². The molecular weight excluding hydrogens is 286 g/mol. The van der Waals surface area contributed by atoms with Gasteiger partial charge in [0.05, 0.1) is 5.60 Å². The van der Waals surface area contributed by atoms with E-state index < -0.39 is 0 Å². The van der Waals surface area contributed by atoms with Crippen LogP contribution in [-0.2, 0) is 9.47 Å². The first-order chi connectivity index (χ1) is 10.3. The molecule has 5 nitrogen and oxygen atoms in total. The lowest BCUT2D eigenvalue weighted by molar-refractivity contribution is -0.0807. The second kappa shape index (κ2) is 6.51. The molecule has 0 atom stereocenters. The summed E-state index contributed by atoms with van der Waals surface area (Å²) in [5.41, 5.74) is 0.880. The first-order valence-corrected chi connectivity index (χ1v) is 7.85. The standard InChI is InChI=1S/C15H19N3O2S/c1-19-15(7-9-20-10-8-15)11-16-14-17-13(18-21-14)12-5-3-2-4-6-12/h2-6H,7-11H2,1H3,(H,16,17,18). The number of nitrogens with one attached hydrogen (secondary N) is 1. The molecule has 0 saturated carbocycles. The Balaban J connectivity index is 1.65. The highest BCUT2D eigenvalue weighted by Crippen LogP contribution is 2.26. The van der Waals surface area contributed by atoms with Crippen LogP contribution >= 0.6 is 11.5 Å². The Hall–Kier alpha value is -1.50. The Morgan fingerprint density at radius 2 is 2.05 bits per heavy atom. The van der Waals surface area contributed by atoms with Gasteiger partial charge in [0, 0.05) is 56.8 Å². The second-order valence-electron chi connectivity index (χ2n) is 5.14. The molecule has 0 unspecified atom stereocenters. The fraction of sp³-hybridized carbons (Fsp3) is 0.467. The Labute approximate surface area is 128 Å². The number of aromatic nitrogens is 2. The summed E-state index contributed by atoms with van der Waals surface area (Å²) in [5.74, 6) is 0.765. The third-order valence-corrected chi connectivity index (χ3v) is 4.53. The lowest BCUT2D eigenvalue weighted by Gasteiger charge is -2.35. The topological polar surface area (TPSA) is 56.3 Å². The van der Waals surface area contributed by atoms with Crippen molar-refractivity contribution in [3.63, 3.8) is 0 Å². The molecule has 112 valence electrons. The zero-order valence-corrected chi connectivity index (χ0v) is 12.9. The first-order valence-electron chi connectivity index (χ1n) is 7.07. The van der Waals surface area contributed by atoms with Crippen molar-refractivity contribution in [1.82, 2.24) is 9.36 Å². The fourth-order valence-corrected chi connectivity index (χ4v) is 3.02. The number of anilines is 1. The third kappa shape index (κ3) is 3.40. The molecule has 6 heteroatoms. The average molecular weight is 305 g/mol. The SMILES string of the molecule is COC1(CNc2nc(-c3ccccc3)ns2)CCOCC1. The number of hydrogen-bond donors (Lipinski definition) is 1. The minimum atomic E-state index is -0.156. The third-order valence-electron chi connectivity index (χ3n) is 3.86. The molecule has 0 amide bonds. The molecule has 0 radical (unpaired) electrons. The van der Waals surface area contributed by atoms with Crippen LogP contribution in [-0.4, -0.2) is 41.8 Å². The summed E-state index contributed by atoms with van der Waals surface area (Å²) in [7, 11) is 1.77. The van der Waals surface area contributed by atoms with Crippen molar-refractivity contribution in [3.8, 4) is 11.4 Å². The molecule has 3 rings (SSSR count). The molecule has 1 aliphatic heterocycles. The van der Waals surface area contributed by atoms with Crippen LogP contribution in [0.15, 0.2) is 30.3 Å². The second-order valence-corrected chi connectivity index (χ2v) is 5.89. The van der Waals surface area contributed by atoms with Gasteiger partial charge in [-0.2, -0.15) is 9.36 Å². The van der Waals surface area contributed by atoms with Gasteiger partial charge in [-0.3, -0.25) is 0 Å². The van der Waals surface area contributed by atoms with Gasteiger partial charge >= 0.3 is 0 Å². The van der Waals surface area contributed by atoms with Gasteiger partial charge in [-0.05, 0) is 0 Å². The molecule has 21 heavy (non-hydrogen) atoms. The lowest BCUT2D eigenvalue weighted by Crippen LogP contribution is -2.44. The molecule has 2 aromatic rings. The highest BCUT2D eigenvalue weighted by atomic mass is 32.1. The Bertz CT molecular complexity index is 567. The summed E-state index contributed by atoms with van der Waals surface area (Å²) >= 11 is 1.38. The largest absolute Gasteiger partial charge is 0.381 e. The van der Waals surface area contributed by atoms with Crippen LogP contribution < -0.4 is 5.32 Å². The minimum Gasteiger partial charge on any atom is -0.381 e. The highest BCUT2D eigenvalue weighted by Gasteiger charge is 2.32. The molecule has 0 spiro atoms. The van der Waals surface area contributed by atoms with Crippen molar-refractivity contribution in [2.45, 2.75) is 18.4 Å². The molecule has 1 aromatic carbocycles. The molecule has 1 fully saturated rings. The highest BCUT2D eigenvalue weighted by molar-refractivity contribution is 7.09. The van der Waals surface area contributed by atoms with E-state index >= 15 is 0 Å².